The van der Waals surface area contributed by atoms with Crippen LogP contribution < -0.4 is 11.5 Å². The molecule has 1 aromatic heterocycles. The van der Waals surface area contributed by atoms with Gasteiger partial charge in [-0.25, -0.2) is 4.79 Å². The highest BCUT2D eigenvalue weighted by atomic mass is 16.4. The van der Waals surface area contributed by atoms with Gasteiger partial charge in [0.25, 0.3) is 0 Å². The molecule has 6 heteroatoms. The fourth-order valence-corrected chi connectivity index (χ4v) is 3.71. The Balaban J connectivity index is 1.81. The van der Waals surface area contributed by atoms with Gasteiger partial charge in [0, 0.05) is 12.0 Å². The fourth-order valence-electron chi connectivity index (χ4n) is 3.71. The van der Waals surface area contributed by atoms with E-state index < -0.39 is 5.76 Å². The molecule has 0 aliphatic heterocycles. The summed E-state index contributed by atoms with van der Waals surface area (Å²) < 4.78 is 5.17. The first kappa shape index (κ1) is 19.9. The molecular formula is C22H27N3O3. The number of amides is 1. The Bertz CT molecular complexity index is 991. The second-order valence-electron chi connectivity index (χ2n) is 7.61. The van der Waals surface area contributed by atoms with E-state index in [1.165, 1.54) is 0 Å². The Morgan fingerprint density at radius 1 is 1.18 bits per heavy atom. The molecule has 3 aromatic rings. The van der Waals surface area contributed by atoms with Gasteiger partial charge in [-0.15, -0.1) is 0 Å². The van der Waals surface area contributed by atoms with Gasteiger partial charge in [0.1, 0.15) is 0 Å². The van der Waals surface area contributed by atoms with Crippen molar-refractivity contribution < 1.29 is 9.21 Å². The lowest BCUT2D eigenvalue weighted by Gasteiger charge is -2.30. The van der Waals surface area contributed by atoms with Gasteiger partial charge in [0.15, 0.2) is 5.58 Å². The van der Waals surface area contributed by atoms with Crippen LogP contribution in [-0.4, -0.2) is 35.9 Å². The fraction of sp³-hybridized carbons (Fsp3) is 0.364. The highest BCUT2D eigenvalue weighted by Gasteiger charge is 2.28. The van der Waals surface area contributed by atoms with Crippen LogP contribution in [0.25, 0.3) is 11.1 Å². The van der Waals surface area contributed by atoms with Gasteiger partial charge < -0.3 is 15.1 Å². The molecule has 0 radical (unpaired) electrons. The molecule has 6 nitrogen and oxygen atoms in total. The molecule has 148 valence electrons. The minimum Gasteiger partial charge on any atom is -0.408 e. The van der Waals surface area contributed by atoms with Crippen LogP contribution >= 0.6 is 0 Å². The molecule has 0 aliphatic rings. The van der Waals surface area contributed by atoms with Gasteiger partial charge >= 0.3 is 5.76 Å². The van der Waals surface area contributed by atoms with Crippen LogP contribution in [0.15, 0.2) is 57.7 Å². The van der Waals surface area contributed by atoms with Crippen molar-refractivity contribution in [3.05, 3.63) is 70.2 Å². The molecule has 3 rings (SSSR count). The maximum Gasteiger partial charge on any atom is 0.417 e. The number of aromatic amines is 1. The maximum absolute atomic E-state index is 12.3. The van der Waals surface area contributed by atoms with Crippen molar-refractivity contribution in [1.29, 1.82) is 0 Å². The highest BCUT2D eigenvalue weighted by Crippen LogP contribution is 2.29. The third-order valence-corrected chi connectivity index (χ3v) is 5.51. The maximum atomic E-state index is 12.3. The SMILES string of the molecule is CC(c1ccccc1)C(C[C@@H](Cc1ccc2[nH]c(=O)oc2c1)N(C)C)C(N)=O. The largest absolute Gasteiger partial charge is 0.417 e. The molecule has 0 saturated heterocycles. The van der Waals surface area contributed by atoms with E-state index in [1.807, 2.05) is 62.6 Å². The van der Waals surface area contributed by atoms with Crippen molar-refractivity contribution >= 4 is 17.0 Å². The number of nitrogens with zero attached hydrogens (tertiary/aromatic N) is 1. The number of likely N-dealkylation sites (N-methyl/N-ethyl adjacent to an activating group) is 1. The van der Waals surface area contributed by atoms with Gasteiger partial charge in [-0.05, 0) is 56.1 Å². The number of oxazole rings is 1. The molecule has 3 N–H and O–H groups in total. The van der Waals surface area contributed by atoms with Crippen molar-refractivity contribution in [2.45, 2.75) is 31.7 Å². The number of carbonyl (C=O) groups excluding carboxylic acids is 1. The van der Waals surface area contributed by atoms with Crippen LogP contribution in [0.4, 0.5) is 0 Å². The van der Waals surface area contributed by atoms with Crippen LogP contribution in [0.2, 0.25) is 0 Å². The van der Waals surface area contributed by atoms with Crippen molar-refractivity contribution in [3.63, 3.8) is 0 Å². The topological polar surface area (TPSA) is 92.3 Å². The summed E-state index contributed by atoms with van der Waals surface area (Å²) in [6.07, 6.45) is 1.37. The van der Waals surface area contributed by atoms with Crippen LogP contribution in [-0.2, 0) is 11.2 Å². The predicted molar refractivity (Wildman–Crippen MR) is 110 cm³/mol. The van der Waals surface area contributed by atoms with Crippen molar-refractivity contribution in [1.82, 2.24) is 9.88 Å². The summed E-state index contributed by atoms with van der Waals surface area (Å²) in [5.74, 6) is -0.980. The third-order valence-electron chi connectivity index (χ3n) is 5.51. The van der Waals surface area contributed by atoms with E-state index in [0.717, 1.165) is 17.5 Å². The summed E-state index contributed by atoms with van der Waals surface area (Å²) in [4.78, 5) is 28.4. The summed E-state index contributed by atoms with van der Waals surface area (Å²) in [6.45, 7) is 2.05. The standard InChI is InChI=1S/C22H27N3O3/c1-14(16-7-5-4-6-8-16)18(21(23)26)13-17(25(2)3)11-15-9-10-19-20(12-15)28-22(27)24-19/h4-10,12,14,17-18H,11,13H2,1-3H3,(H2,23,26)(H,24,27)/t14?,17-,18?/m1/s1. The van der Waals surface area contributed by atoms with Crippen LogP contribution in [0.5, 0.6) is 0 Å². The van der Waals surface area contributed by atoms with E-state index in [0.29, 0.717) is 17.5 Å². The van der Waals surface area contributed by atoms with Crippen LogP contribution in [0.1, 0.15) is 30.4 Å². The number of hydrogen-bond acceptors (Lipinski definition) is 4. The number of rotatable bonds is 8. The molecule has 1 heterocycles. The van der Waals surface area contributed by atoms with E-state index in [9.17, 15) is 9.59 Å². The molecule has 0 spiro atoms. The lowest BCUT2D eigenvalue weighted by molar-refractivity contribution is -0.123. The first-order valence-corrected chi connectivity index (χ1v) is 9.47. The molecule has 0 saturated carbocycles. The molecular weight excluding hydrogens is 354 g/mol. The van der Waals surface area contributed by atoms with Gasteiger partial charge in [0.2, 0.25) is 5.91 Å². The van der Waals surface area contributed by atoms with Crippen LogP contribution in [0, 0.1) is 5.92 Å². The highest BCUT2D eigenvalue weighted by molar-refractivity contribution is 5.78. The average Bonchev–Trinajstić information content (AvgIpc) is 3.04. The van der Waals surface area contributed by atoms with Crippen molar-refractivity contribution in [2.75, 3.05) is 14.1 Å². The molecule has 1 amide bonds. The lowest BCUT2D eigenvalue weighted by Crippen LogP contribution is -2.37. The number of carbonyl (C=O) groups is 1. The summed E-state index contributed by atoms with van der Waals surface area (Å²) >= 11 is 0. The minimum absolute atomic E-state index is 0.0336. The first-order valence-electron chi connectivity index (χ1n) is 9.47. The van der Waals surface area contributed by atoms with Crippen LogP contribution in [0.3, 0.4) is 0 Å². The minimum atomic E-state index is -0.457. The number of aromatic nitrogens is 1. The second-order valence-corrected chi connectivity index (χ2v) is 7.61. The summed E-state index contributed by atoms with van der Waals surface area (Å²) in [7, 11) is 4.01. The number of nitrogens with two attached hydrogens (primary N) is 1. The number of hydrogen-bond donors (Lipinski definition) is 2. The lowest BCUT2D eigenvalue weighted by atomic mass is 9.81. The zero-order valence-corrected chi connectivity index (χ0v) is 16.5. The molecule has 0 aliphatic carbocycles. The molecule has 0 bridgehead atoms. The van der Waals surface area contributed by atoms with E-state index in [2.05, 4.69) is 16.8 Å². The number of nitrogens with one attached hydrogen (secondary N) is 1. The summed E-state index contributed by atoms with van der Waals surface area (Å²) in [6, 6.07) is 15.8. The monoisotopic (exact) mass is 381 g/mol. The van der Waals surface area contributed by atoms with Crippen molar-refractivity contribution in [3.8, 4) is 0 Å². The zero-order chi connectivity index (χ0) is 20.3. The Labute approximate surface area is 164 Å². The summed E-state index contributed by atoms with van der Waals surface area (Å²) in [5.41, 5.74) is 9.17. The Kier molecular flexibility index (Phi) is 5.99. The third kappa shape index (κ3) is 4.51. The molecule has 2 unspecified atom stereocenters. The van der Waals surface area contributed by atoms with Gasteiger partial charge in [-0.3, -0.25) is 9.78 Å². The molecule has 3 atom stereocenters. The van der Waals surface area contributed by atoms with Crippen molar-refractivity contribution in [2.24, 2.45) is 11.7 Å². The average molecular weight is 381 g/mol. The molecule has 28 heavy (non-hydrogen) atoms. The Morgan fingerprint density at radius 3 is 2.54 bits per heavy atom. The molecule has 2 aromatic carbocycles. The Morgan fingerprint density at radius 2 is 1.89 bits per heavy atom. The first-order chi connectivity index (χ1) is 13.3. The van der Waals surface area contributed by atoms with E-state index >= 15 is 0 Å². The molecule has 0 fully saturated rings. The van der Waals surface area contributed by atoms with E-state index in [-0.39, 0.29) is 23.8 Å². The zero-order valence-electron chi connectivity index (χ0n) is 16.5. The number of benzene rings is 2. The van der Waals surface area contributed by atoms with Gasteiger partial charge in [0.05, 0.1) is 5.52 Å². The van der Waals surface area contributed by atoms with E-state index in [1.54, 1.807) is 0 Å². The predicted octanol–water partition coefficient (Wildman–Crippen LogP) is 2.89. The number of H-pyrrole nitrogens is 1. The smallest absolute Gasteiger partial charge is 0.408 e. The Hall–Kier alpha value is -2.86. The quantitative estimate of drug-likeness (QED) is 0.627. The summed E-state index contributed by atoms with van der Waals surface area (Å²) in [5, 5.41) is 0. The number of fused-ring (bicyclic) bond motifs is 1. The second kappa shape index (κ2) is 8.44. The number of primary amides is 1. The van der Waals surface area contributed by atoms with E-state index in [4.69, 9.17) is 10.2 Å². The van der Waals surface area contributed by atoms with Gasteiger partial charge in [-0.1, -0.05) is 43.3 Å². The van der Waals surface area contributed by atoms with Gasteiger partial charge in [-0.2, -0.15) is 0 Å². The normalized spacial score (nSPS) is 14.9.